The van der Waals surface area contributed by atoms with Crippen LogP contribution < -0.4 is 4.90 Å². The van der Waals surface area contributed by atoms with Crippen molar-refractivity contribution in [3.8, 4) is 10.4 Å². The molecular formula is C27H28FN7OS. The topological polar surface area (TPSA) is 104 Å². The minimum absolute atomic E-state index is 0.353. The lowest BCUT2D eigenvalue weighted by molar-refractivity contribution is 0.101. The van der Waals surface area contributed by atoms with Gasteiger partial charge in [-0.25, -0.2) is 19.4 Å². The van der Waals surface area contributed by atoms with Crippen molar-refractivity contribution in [3.05, 3.63) is 88.6 Å². The fourth-order valence-corrected chi connectivity index (χ4v) is 5.29. The number of aliphatic imine (C=N–C) groups is 1. The Hall–Kier alpha value is -3.89. The number of amidine groups is 1. The zero-order valence-electron chi connectivity index (χ0n) is 20.6. The van der Waals surface area contributed by atoms with Crippen LogP contribution in [0.1, 0.15) is 28.6 Å². The minimum Gasteiger partial charge on any atom is -0.381 e. The number of piperazine rings is 1. The second kappa shape index (κ2) is 10.2. The molecular weight excluding hydrogens is 489 g/mol. The van der Waals surface area contributed by atoms with Gasteiger partial charge in [0, 0.05) is 65.7 Å². The van der Waals surface area contributed by atoms with Crippen molar-refractivity contribution in [1.82, 2.24) is 19.9 Å². The Kier molecular flexibility index (Phi) is 6.86. The van der Waals surface area contributed by atoms with Crippen LogP contribution in [-0.4, -0.2) is 63.3 Å². The number of aryl methyl sites for hydroxylation is 1. The molecule has 1 atom stereocenters. The lowest BCUT2D eigenvalue weighted by Gasteiger charge is -2.36. The molecule has 0 bridgehead atoms. The number of nitrogens with one attached hydrogen (secondary N) is 2. The SMILES string of the molecule is Cc1ccc(-c2c[nH]c(/C(=N\C=N)N3CCN(c4ncc([C@](C)(O)c5ccc(F)cc5)cn4)CC3)c2)s1. The van der Waals surface area contributed by atoms with Gasteiger partial charge in [0.25, 0.3) is 0 Å². The van der Waals surface area contributed by atoms with Gasteiger partial charge in [-0.05, 0) is 49.7 Å². The maximum absolute atomic E-state index is 13.3. The van der Waals surface area contributed by atoms with E-state index >= 15 is 0 Å². The molecule has 37 heavy (non-hydrogen) atoms. The number of aromatic nitrogens is 3. The number of thiophene rings is 1. The molecule has 0 amide bonds. The third-order valence-corrected chi connectivity index (χ3v) is 7.65. The molecule has 0 saturated carbocycles. The van der Waals surface area contributed by atoms with E-state index in [-0.39, 0.29) is 5.82 Å². The van der Waals surface area contributed by atoms with Crippen LogP contribution in [0.15, 0.2) is 66.0 Å². The van der Waals surface area contributed by atoms with E-state index in [0.29, 0.717) is 43.3 Å². The molecule has 10 heteroatoms. The second-order valence-electron chi connectivity index (χ2n) is 9.12. The van der Waals surface area contributed by atoms with Crippen molar-refractivity contribution in [1.29, 1.82) is 5.41 Å². The first kappa shape index (κ1) is 24.8. The highest BCUT2D eigenvalue weighted by molar-refractivity contribution is 7.15. The highest BCUT2D eigenvalue weighted by atomic mass is 32.1. The molecule has 190 valence electrons. The third kappa shape index (κ3) is 5.16. The molecule has 1 saturated heterocycles. The molecule has 1 aliphatic rings. The molecule has 4 aromatic rings. The molecule has 0 aliphatic carbocycles. The van der Waals surface area contributed by atoms with E-state index in [1.807, 2.05) is 6.20 Å². The van der Waals surface area contributed by atoms with E-state index in [9.17, 15) is 9.50 Å². The Morgan fingerprint density at radius 2 is 1.81 bits per heavy atom. The summed E-state index contributed by atoms with van der Waals surface area (Å²) in [5, 5.41) is 18.6. The average molecular weight is 518 g/mol. The van der Waals surface area contributed by atoms with Gasteiger partial charge in [-0.3, -0.25) is 5.41 Å². The van der Waals surface area contributed by atoms with Crippen molar-refractivity contribution < 1.29 is 9.50 Å². The van der Waals surface area contributed by atoms with Gasteiger partial charge in [0.15, 0.2) is 5.84 Å². The van der Waals surface area contributed by atoms with Gasteiger partial charge in [-0.15, -0.1) is 11.3 Å². The Morgan fingerprint density at radius 3 is 2.43 bits per heavy atom. The quantitative estimate of drug-likeness (QED) is 0.260. The van der Waals surface area contributed by atoms with E-state index in [4.69, 9.17) is 5.41 Å². The number of aromatic amines is 1. The molecule has 0 unspecified atom stereocenters. The normalized spacial score (nSPS) is 16.1. The maximum Gasteiger partial charge on any atom is 0.225 e. The number of aliphatic hydroxyl groups is 1. The largest absolute Gasteiger partial charge is 0.381 e. The summed E-state index contributed by atoms with van der Waals surface area (Å²) in [5.41, 5.74) is 1.75. The van der Waals surface area contributed by atoms with Gasteiger partial charge in [0.1, 0.15) is 17.8 Å². The Balaban J connectivity index is 1.26. The molecule has 5 rings (SSSR count). The van der Waals surface area contributed by atoms with E-state index < -0.39 is 5.60 Å². The zero-order chi connectivity index (χ0) is 26.0. The summed E-state index contributed by atoms with van der Waals surface area (Å²) in [4.78, 5) is 23.4. The predicted octanol–water partition coefficient (Wildman–Crippen LogP) is 4.41. The molecule has 3 aromatic heterocycles. The number of hydrogen-bond acceptors (Lipinski definition) is 6. The Bertz CT molecular complexity index is 1400. The van der Waals surface area contributed by atoms with Gasteiger partial charge >= 0.3 is 0 Å². The fourth-order valence-electron chi connectivity index (χ4n) is 4.43. The van der Waals surface area contributed by atoms with E-state index in [1.165, 1.54) is 21.9 Å². The van der Waals surface area contributed by atoms with Gasteiger partial charge in [-0.1, -0.05) is 12.1 Å². The van der Waals surface area contributed by atoms with Crippen LogP contribution in [0.5, 0.6) is 0 Å². The monoisotopic (exact) mass is 517 g/mol. The summed E-state index contributed by atoms with van der Waals surface area (Å²) in [6.45, 7) is 6.49. The first-order valence-corrected chi connectivity index (χ1v) is 12.8. The summed E-state index contributed by atoms with van der Waals surface area (Å²) < 4.78 is 13.3. The standard InChI is InChI=1S/C27H28FN7OS/c1-18-3-8-24(37-18)19-13-23(30-14-19)25(33-17-29)34-9-11-35(12-10-34)26-31-15-21(16-32-26)27(2,36)20-4-6-22(28)7-5-20/h3-8,13-17,29-30,36H,9-12H2,1-2H3/b29-17?,33-25+/t27-/m1/s1. The number of benzene rings is 1. The first-order valence-electron chi connectivity index (χ1n) is 12.0. The van der Waals surface area contributed by atoms with Crippen LogP contribution in [0.2, 0.25) is 0 Å². The van der Waals surface area contributed by atoms with E-state index in [0.717, 1.165) is 23.4 Å². The van der Waals surface area contributed by atoms with E-state index in [2.05, 4.69) is 54.9 Å². The molecule has 1 aromatic carbocycles. The lowest BCUT2D eigenvalue weighted by atomic mass is 9.90. The van der Waals surface area contributed by atoms with Gasteiger partial charge in [-0.2, -0.15) is 0 Å². The van der Waals surface area contributed by atoms with Crippen LogP contribution in [0.3, 0.4) is 0 Å². The van der Waals surface area contributed by atoms with Crippen molar-refractivity contribution in [2.75, 3.05) is 31.1 Å². The molecule has 0 radical (unpaired) electrons. The number of hydrogen-bond donors (Lipinski definition) is 3. The van der Waals surface area contributed by atoms with Crippen molar-refractivity contribution in [2.45, 2.75) is 19.4 Å². The van der Waals surface area contributed by atoms with Crippen LogP contribution in [0.4, 0.5) is 10.3 Å². The first-order chi connectivity index (χ1) is 17.8. The van der Waals surface area contributed by atoms with Crippen LogP contribution in [-0.2, 0) is 5.60 Å². The van der Waals surface area contributed by atoms with Crippen molar-refractivity contribution >= 4 is 29.5 Å². The van der Waals surface area contributed by atoms with Crippen molar-refractivity contribution in [3.63, 3.8) is 0 Å². The Morgan fingerprint density at radius 1 is 1.11 bits per heavy atom. The van der Waals surface area contributed by atoms with Crippen LogP contribution in [0.25, 0.3) is 10.4 Å². The smallest absolute Gasteiger partial charge is 0.225 e. The third-order valence-electron chi connectivity index (χ3n) is 6.60. The summed E-state index contributed by atoms with van der Waals surface area (Å²) in [5.74, 6) is 0.966. The predicted molar refractivity (Wildman–Crippen MR) is 145 cm³/mol. The summed E-state index contributed by atoms with van der Waals surface area (Å²) >= 11 is 1.74. The zero-order valence-corrected chi connectivity index (χ0v) is 21.5. The second-order valence-corrected chi connectivity index (χ2v) is 10.4. The average Bonchev–Trinajstić information content (AvgIpc) is 3.57. The number of rotatable bonds is 6. The molecule has 1 fully saturated rings. The summed E-state index contributed by atoms with van der Waals surface area (Å²) in [6.07, 6.45) is 6.29. The van der Waals surface area contributed by atoms with Gasteiger partial charge < -0.3 is 19.9 Å². The lowest BCUT2D eigenvalue weighted by Crippen LogP contribution is -2.49. The van der Waals surface area contributed by atoms with Crippen molar-refractivity contribution in [2.24, 2.45) is 4.99 Å². The minimum atomic E-state index is -1.33. The highest BCUT2D eigenvalue weighted by Crippen LogP contribution is 2.30. The fraction of sp³-hybridized carbons (Fsp3) is 0.259. The Labute approximate surface area is 218 Å². The summed E-state index contributed by atoms with van der Waals surface area (Å²) in [7, 11) is 0. The maximum atomic E-state index is 13.3. The summed E-state index contributed by atoms with van der Waals surface area (Å²) in [6, 6.07) is 12.1. The molecule has 4 heterocycles. The molecule has 1 aliphatic heterocycles. The number of H-pyrrole nitrogens is 1. The van der Waals surface area contributed by atoms with E-state index in [1.54, 1.807) is 42.8 Å². The number of halogens is 1. The molecule has 8 nitrogen and oxygen atoms in total. The van der Waals surface area contributed by atoms with Crippen LogP contribution >= 0.6 is 11.3 Å². The number of nitrogens with zero attached hydrogens (tertiary/aromatic N) is 5. The van der Waals surface area contributed by atoms with Gasteiger partial charge in [0.05, 0.1) is 5.69 Å². The van der Waals surface area contributed by atoms with Gasteiger partial charge in [0.2, 0.25) is 5.95 Å². The molecule has 3 N–H and O–H groups in total. The highest BCUT2D eigenvalue weighted by Gasteiger charge is 2.28. The molecule has 0 spiro atoms. The van der Waals surface area contributed by atoms with Crippen LogP contribution in [0, 0.1) is 18.2 Å². The number of anilines is 1.